The fourth-order valence-electron chi connectivity index (χ4n) is 4.54. The van der Waals surface area contributed by atoms with Crippen LogP contribution >= 0.6 is 0 Å². The minimum absolute atomic E-state index is 0.220. The van der Waals surface area contributed by atoms with Crippen LogP contribution in [0.4, 0.5) is 18.4 Å². The Morgan fingerprint density at radius 2 is 1.82 bits per heavy atom. The summed E-state index contributed by atoms with van der Waals surface area (Å²) in [6.07, 6.45) is 0.736. The maximum Gasteiger partial charge on any atom is 0.407 e. The zero-order valence-corrected chi connectivity index (χ0v) is 19.1. The van der Waals surface area contributed by atoms with Gasteiger partial charge in [0.25, 0.3) is 0 Å². The van der Waals surface area contributed by atoms with Crippen LogP contribution in [0.5, 0.6) is 0 Å². The van der Waals surface area contributed by atoms with Gasteiger partial charge in [-0.1, -0.05) is 30.3 Å². The van der Waals surface area contributed by atoms with Gasteiger partial charge in [0, 0.05) is 31.3 Å². The summed E-state index contributed by atoms with van der Waals surface area (Å²) in [6.45, 7) is 6.60. The first-order valence-corrected chi connectivity index (χ1v) is 11.2. The molecule has 0 saturated carbocycles. The number of alkyl carbamates (subject to hydrolysis) is 1. The number of amides is 3. The molecule has 0 radical (unpaired) electrons. The molecule has 176 valence electrons. The SMILES string of the molecule is CC(C)(C)OC(=O)N[C@@H]1CCN(C(=O)N2CCc3ccccc3C2c2ccc(F)cc2F)C1. The predicted octanol–water partition coefficient (Wildman–Crippen LogP) is 4.63. The zero-order chi connectivity index (χ0) is 23.8. The number of rotatable bonds is 2. The molecule has 2 aromatic rings. The summed E-state index contributed by atoms with van der Waals surface area (Å²) in [7, 11) is 0. The van der Waals surface area contributed by atoms with Gasteiger partial charge >= 0.3 is 12.1 Å². The second-order valence-electron chi connectivity index (χ2n) is 9.57. The van der Waals surface area contributed by atoms with Crippen molar-refractivity contribution in [2.45, 2.75) is 51.3 Å². The molecule has 4 rings (SSSR count). The average molecular weight is 458 g/mol. The summed E-state index contributed by atoms with van der Waals surface area (Å²) in [4.78, 5) is 29.0. The van der Waals surface area contributed by atoms with E-state index >= 15 is 0 Å². The third-order valence-corrected chi connectivity index (χ3v) is 5.97. The summed E-state index contributed by atoms with van der Waals surface area (Å²) in [5, 5.41) is 2.82. The number of hydrogen-bond acceptors (Lipinski definition) is 3. The van der Waals surface area contributed by atoms with Crippen molar-refractivity contribution in [2.24, 2.45) is 0 Å². The Morgan fingerprint density at radius 1 is 1.06 bits per heavy atom. The van der Waals surface area contributed by atoms with Crippen LogP contribution in [-0.2, 0) is 11.2 Å². The number of hydrogen-bond donors (Lipinski definition) is 1. The summed E-state index contributed by atoms with van der Waals surface area (Å²) < 4.78 is 33.7. The molecule has 2 aliphatic rings. The third-order valence-electron chi connectivity index (χ3n) is 5.97. The Labute approximate surface area is 192 Å². The van der Waals surface area contributed by atoms with Gasteiger partial charge in [0.15, 0.2) is 0 Å². The first kappa shape index (κ1) is 23.0. The van der Waals surface area contributed by atoms with Crippen molar-refractivity contribution >= 4 is 12.1 Å². The zero-order valence-electron chi connectivity index (χ0n) is 19.1. The standard InChI is InChI=1S/C25H29F2N3O3/c1-25(2,3)33-23(31)28-18-11-12-29(15-18)24(32)30-13-10-16-6-4-5-7-19(16)22(30)20-9-8-17(26)14-21(20)27/h4-9,14,18,22H,10-13,15H2,1-3H3,(H,28,31)/t18-,22?/m1/s1. The van der Waals surface area contributed by atoms with E-state index in [-0.39, 0.29) is 17.6 Å². The molecular weight excluding hydrogens is 428 g/mol. The van der Waals surface area contributed by atoms with E-state index < -0.39 is 29.4 Å². The number of ether oxygens (including phenoxy) is 1. The Kier molecular flexibility index (Phi) is 6.28. The quantitative estimate of drug-likeness (QED) is 0.715. The van der Waals surface area contributed by atoms with Crippen LogP contribution < -0.4 is 5.32 Å². The highest BCUT2D eigenvalue weighted by Gasteiger charge is 2.38. The lowest BCUT2D eigenvalue weighted by atomic mass is 9.88. The molecule has 2 aromatic carbocycles. The van der Waals surface area contributed by atoms with Crippen molar-refractivity contribution in [1.82, 2.24) is 15.1 Å². The lowest BCUT2D eigenvalue weighted by molar-refractivity contribution is 0.0505. The molecule has 8 heteroatoms. The predicted molar refractivity (Wildman–Crippen MR) is 120 cm³/mol. The van der Waals surface area contributed by atoms with E-state index in [1.807, 2.05) is 24.3 Å². The molecule has 1 fully saturated rings. The molecule has 1 unspecified atom stereocenters. The Bertz CT molecular complexity index is 1050. The minimum Gasteiger partial charge on any atom is -0.444 e. The van der Waals surface area contributed by atoms with E-state index in [4.69, 9.17) is 4.74 Å². The van der Waals surface area contributed by atoms with Gasteiger partial charge in [-0.05, 0) is 50.8 Å². The highest BCUT2D eigenvalue weighted by Crippen LogP contribution is 2.37. The maximum atomic E-state index is 14.8. The van der Waals surface area contributed by atoms with Gasteiger partial charge in [-0.25, -0.2) is 18.4 Å². The molecule has 2 aliphatic heterocycles. The van der Waals surface area contributed by atoms with Crippen molar-refractivity contribution in [3.8, 4) is 0 Å². The third kappa shape index (κ3) is 5.10. The molecule has 0 bridgehead atoms. The number of nitrogens with one attached hydrogen (secondary N) is 1. The number of benzene rings is 2. The molecule has 1 N–H and O–H groups in total. The topological polar surface area (TPSA) is 61.9 Å². The molecule has 33 heavy (non-hydrogen) atoms. The Morgan fingerprint density at radius 3 is 2.55 bits per heavy atom. The highest BCUT2D eigenvalue weighted by molar-refractivity contribution is 5.77. The largest absolute Gasteiger partial charge is 0.444 e. The number of halogens is 2. The van der Waals surface area contributed by atoms with E-state index in [1.54, 1.807) is 30.6 Å². The van der Waals surface area contributed by atoms with Crippen LogP contribution in [0.1, 0.15) is 49.9 Å². The van der Waals surface area contributed by atoms with Crippen molar-refractivity contribution < 1.29 is 23.1 Å². The van der Waals surface area contributed by atoms with Gasteiger partial charge in [-0.3, -0.25) is 0 Å². The van der Waals surface area contributed by atoms with Crippen LogP contribution in [0.25, 0.3) is 0 Å². The summed E-state index contributed by atoms with van der Waals surface area (Å²) >= 11 is 0. The van der Waals surface area contributed by atoms with Gasteiger partial charge < -0.3 is 19.9 Å². The fraction of sp³-hybridized carbons (Fsp3) is 0.440. The Hall–Kier alpha value is -3.16. The molecule has 2 atom stereocenters. The molecule has 6 nitrogen and oxygen atoms in total. The highest BCUT2D eigenvalue weighted by atomic mass is 19.1. The summed E-state index contributed by atoms with van der Waals surface area (Å²) in [5.74, 6) is -1.34. The summed E-state index contributed by atoms with van der Waals surface area (Å²) in [5.41, 5.74) is 1.54. The van der Waals surface area contributed by atoms with Gasteiger partial charge in [-0.2, -0.15) is 0 Å². The number of nitrogens with zero attached hydrogens (tertiary/aromatic N) is 2. The maximum absolute atomic E-state index is 14.8. The molecule has 2 heterocycles. The van der Waals surface area contributed by atoms with E-state index in [0.717, 1.165) is 17.2 Å². The lowest BCUT2D eigenvalue weighted by Crippen LogP contribution is -2.48. The van der Waals surface area contributed by atoms with Crippen molar-refractivity contribution in [1.29, 1.82) is 0 Å². The normalized spacial score (nSPS) is 20.4. The number of likely N-dealkylation sites (tertiary alicyclic amines) is 1. The lowest BCUT2D eigenvalue weighted by Gasteiger charge is -2.39. The van der Waals surface area contributed by atoms with Crippen LogP contribution in [-0.4, -0.2) is 53.2 Å². The molecule has 3 amide bonds. The van der Waals surface area contributed by atoms with Gasteiger partial charge in [0.05, 0.1) is 12.1 Å². The average Bonchev–Trinajstić information content (AvgIpc) is 3.19. The van der Waals surface area contributed by atoms with E-state index in [1.165, 1.54) is 12.1 Å². The summed E-state index contributed by atoms with van der Waals surface area (Å²) in [6, 6.07) is 10.0. The fourth-order valence-corrected chi connectivity index (χ4v) is 4.54. The number of fused-ring (bicyclic) bond motifs is 1. The van der Waals surface area contributed by atoms with Gasteiger partial charge in [0.2, 0.25) is 0 Å². The van der Waals surface area contributed by atoms with E-state index in [9.17, 15) is 18.4 Å². The van der Waals surface area contributed by atoms with Crippen molar-refractivity contribution in [3.63, 3.8) is 0 Å². The molecule has 0 spiro atoms. The van der Waals surface area contributed by atoms with Crippen LogP contribution in [0, 0.1) is 11.6 Å². The number of carbonyl (C=O) groups is 2. The van der Waals surface area contributed by atoms with Crippen LogP contribution in [0.3, 0.4) is 0 Å². The molecular formula is C25H29F2N3O3. The second kappa shape index (κ2) is 9.00. The van der Waals surface area contributed by atoms with Crippen molar-refractivity contribution in [2.75, 3.05) is 19.6 Å². The van der Waals surface area contributed by atoms with Crippen LogP contribution in [0.2, 0.25) is 0 Å². The number of carbonyl (C=O) groups excluding carboxylic acids is 2. The Balaban J connectivity index is 1.55. The monoisotopic (exact) mass is 457 g/mol. The van der Waals surface area contributed by atoms with Crippen molar-refractivity contribution in [3.05, 3.63) is 70.8 Å². The van der Waals surface area contributed by atoms with E-state index in [0.29, 0.717) is 32.5 Å². The van der Waals surface area contributed by atoms with E-state index in [2.05, 4.69) is 5.32 Å². The second-order valence-corrected chi connectivity index (χ2v) is 9.57. The smallest absolute Gasteiger partial charge is 0.407 e. The molecule has 0 aromatic heterocycles. The van der Waals surface area contributed by atoms with Gasteiger partial charge in [-0.15, -0.1) is 0 Å². The number of urea groups is 1. The molecule has 0 aliphatic carbocycles. The minimum atomic E-state index is -0.680. The van der Waals surface area contributed by atoms with Crippen LogP contribution in [0.15, 0.2) is 42.5 Å². The first-order valence-electron chi connectivity index (χ1n) is 11.2. The molecule has 1 saturated heterocycles. The first-order chi connectivity index (χ1) is 15.6. The van der Waals surface area contributed by atoms with Gasteiger partial charge in [0.1, 0.15) is 17.2 Å².